The molecule has 0 aliphatic carbocycles. The van der Waals surface area contributed by atoms with Gasteiger partial charge in [0.25, 0.3) is 11.5 Å². The van der Waals surface area contributed by atoms with Gasteiger partial charge in [0.15, 0.2) is 0 Å². The minimum absolute atomic E-state index is 0.0411. The molecule has 0 fully saturated rings. The summed E-state index contributed by atoms with van der Waals surface area (Å²) in [6.07, 6.45) is 0. The largest absolute Gasteiger partial charge is 0.594 e. The van der Waals surface area contributed by atoms with E-state index in [0.717, 1.165) is 4.47 Å². The normalized spacial score (nSPS) is 10.6. The van der Waals surface area contributed by atoms with Crippen LogP contribution in [0.15, 0.2) is 22.7 Å². The third kappa shape index (κ3) is 2.20. The first kappa shape index (κ1) is 11.0. The molecule has 1 heterocycles. The van der Waals surface area contributed by atoms with Crippen molar-refractivity contribution in [1.29, 1.82) is 0 Å². The van der Waals surface area contributed by atoms with Gasteiger partial charge in [-0.15, -0.1) is 0 Å². The molecule has 7 heteroatoms. The predicted octanol–water partition coefficient (Wildman–Crippen LogP) is 0.430. The zero-order valence-corrected chi connectivity index (χ0v) is 9.81. The molecule has 0 radical (unpaired) electrons. The molecule has 84 valence electrons. The van der Waals surface area contributed by atoms with Gasteiger partial charge in [-0.2, -0.15) is 0 Å². The molecule has 0 amide bonds. The summed E-state index contributed by atoms with van der Waals surface area (Å²) in [6.45, 7) is 0.266. The van der Waals surface area contributed by atoms with Crippen LogP contribution in [0.4, 0.5) is 5.95 Å². The van der Waals surface area contributed by atoms with Gasteiger partial charge < -0.3 is 15.6 Å². The molecule has 0 aliphatic heterocycles. The second kappa shape index (κ2) is 4.58. The molecule has 0 atom stereocenters. The topological polar surface area (TPSA) is 85.0 Å². The molecule has 16 heavy (non-hydrogen) atoms. The fraction of sp³-hybridized carbons (Fsp3) is 0.222. The highest BCUT2D eigenvalue weighted by molar-refractivity contribution is 9.10. The number of aromatic nitrogens is 3. The molecule has 2 aromatic rings. The fourth-order valence-corrected chi connectivity index (χ4v) is 1.61. The van der Waals surface area contributed by atoms with E-state index in [9.17, 15) is 5.21 Å². The summed E-state index contributed by atoms with van der Waals surface area (Å²) in [6, 6.07) is 5.17. The number of nitrogens with zero attached hydrogens (tertiary/aromatic N) is 3. The van der Waals surface area contributed by atoms with Crippen LogP contribution in [0.25, 0.3) is 11.0 Å². The lowest BCUT2D eigenvalue weighted by Gasteiger charge is -2.03. The molecule has 1 aromatic carbocycles. The average molecular weight is 285 g/mol. The Kier molecular flexibility index (Phi) is 3.16. The van der Waals surface area contributed by atoms with Crippen molar-refractivity contribution in [2.45, 2.75) is 0 Å². The summed E-state index contributed by atoms with van der Waals surface area (Å²) in [5, 5.41) is 26.6. The van der Waals surface area contributed by atoms with E-state index in [1.54, 1.807) is 18.2 Å². The Morgan fingerprint density at radius 1 is 1.50 bits per heavy atom. The van der Waals surface area contributed by atoms with E-state index in [1.807, 2.05) is 0 Å². The maximum atomic E-state index is 11.6. The minimum Gasteiger partial charge on any atom is -0.594 e. The lowest BCUT2D eigenvalue weighted by atomic mass is 10.3. The smallest absolute Gasteiger partial charge is 0.290 e. The summed E-state index contributed by atoms with van der Waals surface area (Å²) in [5.74, 6) is 0.207. The molecule has 0 saturated carbocycles. The van der Waals surface area contributed by atoms with Crippen molar-refractivity contribution in [2.24, 2.45) is 0 Å². The standard InChI is InChI=1S/C9H9BrN4O2/c10-6-1-2-7-8(5-6)14(16)13-9(12-7)11-3-4-15/h1-2,5,15H,3-4H2,(H,11,12,13). The molecule has 0 bridgehead atoms. The molecular formula is C9H9BrN4O2. The van der Waals surface area contributed by atoms with Crippen molar-refractivity contribution in [1.82, 2.24) is 10.1 Å². The van der Waals surface area contributed by atoms with Gasteiger partial charge in [0.2, 0.25) is 0 Å². The van der Waals surface area contributed by atoms with Crippen LogP contribution in [0.5, 0.6) is 0 Å². The van der Waals surface area contributed by atoms with E-state index >= 15 is 0 Å². The number of rotatable bonds is 3. The Labute approximate surface area is 99.6 Å². The molecule has 2 N–H and O–H groups in total. The van der Waals surface area contributed by atoms with E-state index < -0.39 is 0 Å². The van der Waals surface area contributed by atoms with Gasteiger partial charge in [0.05, 0.1) is 11.7 Å². The van der Waals surface area contributed by atoms with Gasteiger partial charge in [-0.25, -0.2) is 4.98 Å². The molecular weight excluding hydrogens is 276 g/mol. The van der Waals surface area contributed by atoms with E-state index in [2.05, 4.69) is 31.3 Å². The van der Waals surface area contributed by atoms with Crippen LogP contribution in [0, 0.1) is 5.21 Å². The van der Waals surface area contributed by atoms with Crippen LogP contribution in [-0.4, -0.2) is 28.3 Å². The van der Waals surface area contributed by atoms with Gasteiger partial charge in [-0.1, -0.05) is 15.9 Å². The predicted molar refractivity (Wildman–Crippen MR) is 61.8 cm³/mol. The summed E-state index contributed by atoms with van der Waals surface area (Å²) < 4.78 is 0.796. The Hall–Kier alpha value is -1.47. The van der Waals surface area contributed by atoms with Gasteiger partial charge in [0, 0.05) is 17.1 Å². The molecule has 2 rings (SSSR count). The number of anilines is 1. The second-order valence-corrected chi connectivity index (χ2v) is 4.01. The first-order valence-electron chi connectivity index (χ1n) is 4.62. The highest BCUT2D eigenvalue weighted by Crippen LogP contribution is 2.15. The number of hydrogen-bond acceptors (Lipinski definition) is 5. The van der Waals surface area contributed by atoms with Crippen LogP contribution >= 0.6 is 15.9 Å². The second-order valence-electron chi connectivity index (χ2n) is 3.09. The van der Waals surface area contributed by atoms with Gasteiger partial charge in [-0.05, 0) is 17.0 Å². The summed E-state index contributed by atoms with van der Waals surface area (Å²) in [7, 11) is 0. The molecule has 0 unspecified atom stereocenters. The zero-order chi connectivity index (χ0) is 11.5. The molecule has 0 spiro atoms. The third-order valence-corrected chi connectivity index (χ3v) is 2.44. The third-order valence-electron chi connectivity index (χ3n) is 1.95. The average Bonchev–Trinajstić information content (AvgIpc) is 2.27. The summed E-state index contributed by atoms with van der Waals surface area (Å²) in [4.78, 5) is 4.65. The van der Waals surface area contributed by atoms with Gasteiger partial charge in [0.1, 0.15) is 5.52 Å². The van der Waals surface area contributed by atoms with E-state index in [4.69, 9.17) is 5.11 Å². The van der Waals surface area contributed by atoms with Crippen molar-refractivity contribution in [3.63, 3.8) is 0 Å². The van der Waals surface area contributed by atoms with Crippen molar-refractivity contribution in [3.05, 3.63) is 27.9 Å². The highest BCUT2D eigenvalue weighted by atomic mass is 79.9. The highest BCUT2D eigenvalue weighted by Gasteiger charge is 2.10. The van der Waals surface area contributed by atoms with Crippen molar-refractivity contribution < 1.29 is 9.95 Å². The van der Waals surface area contributed by atoms with E-state index in [1.165, 1.54) is 0 Å². The quantitative estimate of drug-likeness (QED) is 0.631. The molecule has 1 aromatic heterocycles. The lowest BCUT2D eigenvalue weighted by Crippen LogP contribution is -2.33. The van der Waals surface area contributed by atoms with E-state index in [0.29, 0.717) is 22.4 Å². The monoisotopic (exact) mass is 284 g/mol. The van der Waals surface area contributed by atoms with Crippen molar-refractivity contribution >= 4 is 32.9 Å². The van der Waals surface area contributed by atoms with Crippen molar-refractivity contribution in [2.75, 3.05) is 18.5 Å². The van der Waals surface area contributed by atoms with E-state index in [-0.39, 0.29) is 12.6 Å². The first-order chi connectivity index (χ1) is 7.70. The van der Waals surface area contributed by atoms with Crippen LogP contribution in [0.1, 0.15) is 0 Å². The number of aliphatic hydroxyl groups is 1. The Morgan fingerprint density at radius 3 is 3.06 bits per heavy atom. The maximum Gasteiger partial charge on any atom is 0.290 e. The van der Waals surface area contributed by atoms with Crippen LogP contribution in [0.2, 0.25) is 0 Å². The Balaban J connectivity index is 2.46. The minimum atomic E-state index is -0.0411. The SMILES string of the molecule is [O-][n+]1nc(NCCO)nc2ccc(Br)cc21. The zero-order valence-electron chi connectivity index (χ0n) is 8.22. The number of halogens is 1. The van der Waals surface area contributed by atoms with Crippen LogP contribution < -0.4 is 10.2 Å². The van der Waals surface area contributed by atoms with Crippen molar-refractivity contribution in [3.8, 4) is 0 Å². The number of fused-ring (bicyclic) bond motifs is 1. The van der Waals surface area contributed by atoms with Gasteiger partial charge >= 0.3 is 0 Å². The Morgan fingerprint density at radius 2 is 2.31 bits per heavy atom. The summed E-state index contributed by atoms with van der Waals surface area (Å²) in [5.41, 5.74) is 0.942. The number of nitrogens with one attached hydrogen (secondary N) is 1. The fourth-order valence-electron chi connectivity index (χ4n) is 1.26. The molecule has 0 saturated heterocycles. The molecule has 0 aliphatic rings. The molecule has 6 nitrogen and oxygen atoms in total. The summed E-state index contributed by atoms with van der Waals surface area (Å²) >= 11 is 3.27. The number of benzene rings is 1. The lowest BCUT2D eigenvalue weighted by molar-refractivity contribution is -0.641. The maximum absolute atomic E-state index is 11.6. The van der Waals surface area contributed by atoms with Crippen LogP contribution in [-0.2, 0) is 0 Å². The van der Waals surface area contributed by atoms with Crippen LogP contribution in [0.3, 0.4) is 0 Å². The first-order valence-corrected chi connectivity index (χ1v) is 5.42. The Bertz CT molecular complexity index is 520. The number of hydrogen-bond donors (Lipinski definition) is 2. The number of aliphatic hydroxyl groups excluding tert-OH is 1. The van der Waals surface area contributed by atoms with Gasteiger partial charge in [-0.3, -0.25) is 0 Å².